The molecule has 1 heterocycles. The summed E-state index contributed by atoms with van der Waals surface area (Å²) >= 11 is 0. The van der Waals surface area contributed by atoms with Crippen LogP contribution in [0.2, 0.25) is 0 Å². The van der Waals surface area contributed by atoms with Crippen LogP contribution >= 0.6 is 0 Å². The van der Waals surface area contributed by atoms with Gasteiger partial charge in [0.05, 0.1) is 5.52 Å². The van der Waals surface area contributed by atoms with E-state index in [0.717, 1.165) is 31.3 Å². The van der Waals surface area contributed by atoms with Gasteiger partial charge in [-0.3, -0.25) is 9.78 Å². The lowest BCUT2D eigenvalue weighted by atomic mass is 9.79. The van der Waals surface area contributed by atoms with E-state index in [2.05, 4.69) is 32.8 Å². The number of rotatable bonds is 5. The van der Waals surface area contributed by atoms with Crippen molar-refractivity contribution in [2.45, 2.75) is 46.0 Å². The van der Waals surface area contributed by atoms with Crippen LogP contribution in [0.1, 0.15) is 53.9 Å². The van der Waals surface area contributed by atoms with Gasteiger partial charge in [-0.1, -0.05) is 19.9 Å². The summed E-state index contributed by atoms with van der Waals surface area (Å²) in [6.07, 6.45) is 5.60. The topological polar surface area (TPSA) is 59.2 Å². The molecule has 0 fully saturated rings. The number of fused-ring (bicyclic) bond motifs is 2. The molecule has 1 aliphatic rings. The SMILES string of the molecule is CN(C)CC(C)(C)Cc1c2c(nc3cc(C(N)=O)ccc13)CCCC2. The molecule has 25 heavy (non-hydrogen) atoms. The Hall–Kier alpha value is -1.94. The van der Waals surface area contributed by atoms with E-state index in [1.165, 1.54) is 35.0 Å². The van der Waals surface area contributed by atoms with Crippen LogP contribution in [0.25, 0.3) is 10.9 Å². The number of carbonyl (C=O) groups is 1. The van der Waals surface area contributed by atoms with Gasteiger partial charge in [-0.25, -0.2) is 0 Å². The van der Waals surface area contributed by atoms with Gasteiger partial charge in [-0.2, -0.15) is 0 Å². The summed E-state index contributed by atoms with van der Waals surface area (Å²) in [4.78, 5) is 18.7. The number of aryl methyl sites for hydroxylation is 1. The minimum Gasteiger partial charge on any atom is -0.366 e. The fourth-order valence-electron chi connectivity index (χ4n) is 4.27. The Morgan fingerprint density at radius 1 is 1.24 bits per heavy atom. The normalized spacial score (nSPS) is 14.8. The zero-order valence-electron chi connectivity index (χ0n) is 15.9. The number of amides is 1. The van der Waals surface area contributed by atoms with Crippen LogP contribution in [0, 0.1) is 5.41 Å². The molecule has 1 aromatic heterocycles. The molecular weight excluding hydrogens is 310 g/mol. The Kier molecular flexibility index (Phi) is 4.83. The van der Waals surface area contributed by atoms with Crippen LogP contribution in [0.4, 0.5) is 0 Å². The fourth-order valence-corrected chi connectivity index (χ4v) is 4.27. The third-order valence-electron chi connectivity index (χ3n) is 5.07. The molecule has 0 saturated heterocycles. The second-order valence-corrected chi connectivity index (χ2v) is 8.40. The van der Waals surface area contributed by atoms with Gasteiger partial charge >= 0.3 is 0 Å². The number of benzene rings is 1. The molecule has 3 rings (SSSR count). The smallest absolute Gasteiger partial charge is 0.248 e. The predicted molar refractivity (Wildman–Crippen MR) is 103 cm³/mol. The summed E-state index contributed by atoms with van der Waals surface area (Å²) < 4.78 is 0. The van der Waals surface area contributed by atoms with Gasteiger partial charge < -0.3 is 10.6 Å². The number of hydrogen-bond acceptors (Lipinski definition) is 3. The number of nitrogens with zero attached hydrogens (tertiary/aromatic N) is 2. The second-order valence-electron chi connectivity index (χ2n) is 8.40. The first-order valence-corrected chi connectivity index (χ1v) is 9.16. The van der Waals surface area contributed by atoms with E-state index in [9.17, 15) is 4.79 Å². The third kappa shape index (κ3) is 3.84. The maximum absolute atomic E-state index is 11.6. The Bertz CT molecular complexity index is 808. The van der Waals surface area contributed by atoms with E-state index in [1.54, 1.807) is 0 Å². The molecule has 134 valence electrons. The first-order chi connectivity index (χ1) is 11.8. The molecule has 4 heteroatoms. The average Bonchev–Trinajstić information content (AvgIpc) is 2.52. The van der Waals surface area contributed by atoms with Crippen LogP contribution in [0.3, 0.4) is 0 Å². The Balaban J connectivity index is 2.15. The predicted octanol–water partition coefficient (Wildman–Crippen LogP) is 3.34. The summed E-state index contributed by atoms with van der Waals surface area (Å²) in [6, 6.07) is 5.73. The number of hydrogen-bond donors (Lipinski definition) is 1. The van der Waals surface area contributed by atoms with Crippen LogP contribution in [-0.2, 0) is 19.3 Å². The summed E-state index contributed by atoms with van der Waals surface area (Å²) in [7, 11) is 4.25. The highest BCUT2D eigenvalue weighted by atomic mass is 16.1. The van der Waals surface area contributed by atoms with Gasteiger partial charge in [0, 0.05) is 23.2 Å². The second kappa shape index (κ2) is 6.75. The highest BCUT2D eigenvalue weighted by Gasteiger charge is 2.25. The molecule has 1 aromatic carbocycles. The first kappa shape index (κ1) is 17.9. The zero-order chi connectivity index (χ0) is 18.2. The molecule has 4 nitrogen and oxygen atoms in total. The van der Waals surface area contributed by atoms with Crippen LogP contribution in [0.15, 0.2) is 18.2 Å². The first-order valence-electron chi connectivity index (χ1n) is 9.16. The van der Waals surface area contributed by atoms with E-state index in [4.69, 9.17) is 10.7 Å². The number of pyridine rings is 1. The number of primary amides is 1. The molecule has 1 aliphatic carbocycles. The highest BCUT2D eigenvalue weighted by Crippen LogP contribution is 2.34. The number of aromatic nitrogens is 1. The van der Waals surface area contributed by atoms with Crippen LogP contribution < -0.4 is 5.73 Å². The number of nitrogens with two attached hydrogens (primary N) is 1. The van der Waals surface area contributed by atoms with E-state index in [0.29, 0.717) is 5.56 Å². The van der Waals surface area contributed by atoms with Crippen molar-refractivity contribution in [3.8, 4) is 0 Å². The lowest BCUT2D eigenvalue weighted by molar-refractivity contribution is 0.100. The molecule has 0 radical (unpaired) electrons. The molecule has 0 saturated carbocycles. The molecule has 0 spiro atoms. The lowest BCUT2D eigenvalue weighted by Crippen LogP contribution is -2.31. The van der Waals surface area contributed by atoms with Gasteiger partial charge in [0.25, 0.3) is 0 Å². The van der Waals surface area contributed by atoms with Crippen molar-refractivity contribution < 1.29 is 4.79 Å². The van der Waals surface area contributed by atoms with E-state index in [1.807, 2.05) is 18.2 Å². The van der Waals surface area contributed by atoms with Crippen molar-refractivity contribution >= 4 is 16.8 Å². The zero-order valence-corrected chi connectivity index (χ0v) is 15.9. The quantitative estimate of drug-likeness (QED) is 0.909. The van der Waals surface area contributed by atoms with E-state index in [-0.39, 0.29) is 5.41 Å². The third-order valence-corrected chi connectivity index (χ3v) is 5.07. The monoisotopic (exact) mass is 339 g/mol. The Morgan fingerprint density at radius 3 is 2.64 bits per heavy atom. The van der Waals surface area contributed by atoms with Gasteiger partial charge in [0.1, 0.15) is 0 Å². The largest absolute Gasteiger partial charge is 0.366 e. The van der Waals surface area contributed by atoms with Crippen molar-refractivity contribution in [1.29, 1.82) is 0 Å². The molecule has 0 bridgehead atoms. The highest BCUT2D eigenvalue weighted by molar-refractivity contribution is 5.97. The maximum atomic E-state index is 11.6. The van der Waals surface area contributed by atoms with E-state index < -0.39 is 5.91 Å². The molecule has 0 atom stereocenters. The van der Waals surface area contributed by atoms with Crippen LogP contribution in [-0.4, -0.2) is 36.4 Å². The summed E-state index contributed by atoms with van der Waals surface area (Å²) in [5.74, 6) is -0.393. The summed E-state index contributed by atoms with van der Waals surface area (Å²) in [5, 5.41) is 1.18. The lowest BCUT2D eigenvalue weighted by Gasteiger charge is -2.31. The minimum atomic E-state index is -0.393. The van der Waals surface area contributed by atoms with Crippen molar-refractivity contribution in [2.24, 2.45) is 11.1 Å². The standard InChI is InChI=1S/C21H29N3O/c1-21(2,13-24(3)4)12-17-15-7-5-6-8-18(15)23-19-11-14(20(22)25)9-10-16(17)19/h9-11H,5-8,12-13H2,1-4H3,(H2,22,25). The van der Waals surface area contributed by atoms with Gasteiger partial charge in [0.2, 0.25) is 5.91 Å². The van der Waals surface area contributed by atoms with Crippen molar-refractivity contribution in [3.05, 3.63) is 40.6 Å². The van der Waals surface area contributed by atoms with E-state index >= 15 is 0 Å². The Morgan fingerprint density at radius 2 is 1.96 bits per heavy atom. The van der Waals surface area contributed by atoms with Crippen molar-refractivity contribution in [2.75, 3.05) is 20.6 Å². The summed E-state index contributed by atoms with van der Waals surface area (Å²) in [6.45, 7) is 5.68. The van der Waals surface area contributed by atoms with Crippen LogP contribution in [0.5, 0.6) is 0 Å². The maximum Gasteiger partial charge on any atom is 0.248 e. The van der Waals surface area contributed by atoms with Gasteiger partial charge in [-0.15, -0.1) is 0 Å². The van der Waals surface area contributed by atoms with Gasteiger partial charge in [0.15, 0.2) is 0 Å². The van der Waals surface area contributed by atoms with Crippen molar-refractivity contribution in [1.82, 2.24) is 9.88 Å². The molecular formula is C21H29N3O. The minimum absolute atomic E-state index is 0.172. The Labute approximate surface area is 150 Å². The number of carbonyl (C=O) groups excluding carboxylic acids is 1. The fraction of sp³-hybridized carbons (Fsp3) is 0.524. The molecule has 1 amide bonds. The molecule has 2 aromatic rings. The van der Waals surface area contributed by atoms with Gasteiger partial charge in [-0.05, 0) is 74.9 Å². The molecule has 2 N–H and O–H groups in total. The summed E-state index contributed by atoms with van der Waals surface area (Å²) in [5.41, 5.74) is 11.2. The average molecular weight is 339 g/mol. The van der Waals surface area contributed by atoms with Crippen molar-refractivity contribution in [3.63, 3.8) is 0 Å². The molecule has 0 aliphatic heterocycles. The molecule has 0 unspecified atom stereocenters.